The fourth-order valence-electron chi connectivity index (χ4n) is 7.29. The molecule has 0 aliphatic heterocycles. The predicted molar refractivity (Wildman–Crippen MR) is 158 cm³/mol. The number of hydrogen-bond acceptors (Lipinski definition) is 9. The van der Waals surface area contributed by atoms with Crippen LogP contribution in [-0.2, 0) is 25.6 Å². The van der Waals surface area contributed by atoms with Crippen molar-refractivity contribution in [3.05, 3.63) is 65.7 Å². The monoisotopic (exact) mass is 598 g/mol. The number of Topliss-reactive ketones (excluding diaryl/α,β-unsaturated/α-hetero) is 4. The van der Waals surface area contributed by atoms with Gasteiger partial charge in [0, 0.05) is 11.3 Å². The number of rotatable bonds is 4. The predicted octanol–water partition coefficient (Wildman–Crippen LogP) is 1.66. The maximum atomic E-state index is 13.9. The first kappa shape index (κ1) is 29.1. The maximum Gasteiger partial charge on any atom is 0.323 e. The topological polar surface area (TPSA) is 196 Å². The summed E-state index contributed by atoms with van der Waals surface area (Å²) < 4.78 is 0. The van der Waals surface area contributed by atoms with Gasteiger partial charge in [-0.2, -0.15) is 0 Å². The van der Waals surface area contributed by atoms with E-state index in [0.717, 1.165) is 10.8 Å². The third-order valence-corrected chi connectivity index (χ3v) is 9.22. The number of nitrogens with one attached hydrogen (secondary N) is 2. The van der Waals surface area contributed by atoms with Gasteiger partial charge in [0.25, 0.3) is 0 Å². The number of carbonyl (C=O) groups is 6. The summed E-state index contributed by atoms with van der Waals surface area (Å²) in [7, 11) is 3.05. The van der Waals surface area contributed by atoms with E-state index in [1.807, 2.05) is 30.3 Å². The van der Waals surface area contributed by atoms with Crippen molar-refractivity contribution in [2.24, 2.45) is 29.4 Å². The van der Waals surface area contributed by atoms with Crippen LogP contribution in [0.3, 0.4) is 0 Å². The van der Waals surface area contributed by atoms with Crippen molar-refractivity contribution in [2.45, 2.75) is 24.5 Å². The van der Waals surface area contributed by atoms with Crippen molar-refractivity contribution in [1.29, 1.82) is 0 Å². The molecule has 0 aromatic heterocycles. The lowest BCUT2D eigenvalue weighted by Crippen LogP contribution is -2.74. The molecule has 0 heterocycles. The van der Waals surface area contributed by atoms with Crippen LogP contribution >= 0.6 is 0 Å². The summed E-state index contributed by atoms with van der Waals surface area (Å²) in [5.74, 6) is -11.4. The highest BCUT2D eigenvalue weighted by Gasteiger charge is 2.69. The summed E-state index contributed by atoms with van der Waals surface area (Å²) in [5.41, 5.74) is 3.18. The minimum Gasteiger partial charge on any atom is -0.505 e. The molecule has 6 rings (SSSR count). The summed E-state index contributed by atoms with van der Waals surface area (Å²) in [4.78, 5) is 80.9. The molecule has 0 spiro atoms. The molecular weight excluding hydrogens is 568 g/mol. The number of anilines is 2. The maximum absolute atomic E-state index is 13.9. The Labute approximate surface area is 251 Å². The number of phenolic OH excluding ortho intramolecular Hbond substituents is 1. The Bertz CT molecular complexity index is 1800. The molecule has 3 aliphatic rings. The number of urea groups is 1. The molecule has 3 amide bonds. The summed E-state index contributed by atoms with van der Waals surface area (Å²) in [5, 5.41) is 29.8. The average molecular weight is 599 g/mol. The number of phenols is 1. The van der Waals surface area contributed by atoms with Gasteiger partial charge in [0.15, 0.2) is 34.7 Å². The number of likely N-dealkylation sites (N-methyl/N-ethyl adjacent to an activating group) is 1. The van der Waals surface area contributed by atoms with E-state index in [0.29, 0.717) is 11.3 Å². The number of fused-ring (bicyclic) bond motifs is 4. The highest BCUT2D eigenvalue weighted by molar-refractivity contribution is 6.32. The van der Waals surface area contributed by atoms with Gasteiger partial charge < -0.3 is 26.6 Å². The zero-order valence-corrected chi connectivity index (χ0v) is 23.9. The van der Waals surface area contributed by atoms with Gasteiger partial charge in [-0.15, -0.1) is 0 Å². The number of amides is 3. The molecule has 2 saturated carbocycles. The first-order valence-electron chi connectivity index (χ1n) is 14.1. The van der Waals surface area contributed by atoms with E-state index in [1.165, 1.54) is 25.1 Å². The molecule has 44 heavy (non-hydrogen) atoms. The summed E-state index contributed by atoms with van der Waals surface area (Å²) >= 11 is 0. The zero-order chi connectivity index (χ0) is 31.7. The van der Waals surface area contributed by atoms with Crippen LogP contribution in [0, 0.1) is 23.7 Å². The van der Waals surface area contributed by atoms with Gasteiger partial charge in [0.2, 0.25) is 5.91 Å². The van der Waals surface area contributed by atoms with Crippen LogP contribution < -0.4 is 16.4 Å². The summed E-state index contributed by atoms with van der Waals surface area (Å²) in [6, 6.07) is 14.0. The van der Waals surface area contributed by atoms with Gasteiger partial charge in [0.05, 0.1) is 28.9 Å². The van der Waals surface area contributed by atoms with Crippen molar-refractivity contribution in [1.82, 2.24) is 4.90 Å². The fourth-order valence-corrected chi connectivity index (χ4v) is 7.29. The minimum absolute atomic E-state index is 0.0436. The van der Waals surface area contributed by atoms with Crippen LogP contribution in [0.5, 0.6) is 5.75 Å². The van der Waals surface area contributed by atoms with E-state index in [1.54, 1.807) is 18.2 Å². The lowest BCUT2D eigenvalue weighted by molar-refractivity contribution is -0.181. The third-order valence-electron chi connectivity index (χ3n) is 9.22. The Morgan fingerprint density at radius 2 is 1.61 bits per heavy atom. The van der Waals surface area contributed by atoms with Crippen molar-refractivity contribution in [3.8, 4) is 5.75 Å². The molecule has 3 aromatic rings. The molecule has 3 aliphatic carbocycles. The number of hydrogen-bond donors (Lipinski definition) is 5. The average Bonchev–Trinajstić information content (AvgIpc) is 2.96. The number of aliphatic hydroxyl groups is 1. The lowest BCUT2D eigenvalue weighted by Gasteiger charge is -2.52. The first-order valence-corrected chi connectivity index (χ1v) is 14.1. The normalized spacial score (nSPS) is 27.9. The van der Waals surface area contributed by atoms with E-state index in [2.05, 4.69) is 10.6 Å². The third kappa shape index (κ3) is 4.20. The van der Waals surface area contributed by atoms with Crippen LogP contribution in [0.4, 0.5) is 16.2 Å². The Morgan fingerprint density at radius 3 is 2.32 bits per heavy atom. The molecule has 12 nitrogen and oxygen atoms in total. The molecule has 0 saturated heterocycles. The van der Waals surface area contributed by atoms with Gasteiger partial charge in [-0.25, -0.2) is 4.79 Å². The van der Waals surface area contributed by atoms with Gasteiger partial charge in [-0.3, -0.25) is 28.9 Å². The number of ketones is 4. The SMILES string of the molecule is CN(C)[C@@H]1C(=O)C(C(N)=O)C(=O)[C@@]2(O)C(=O)C3C(=O)c4c(ccc(NC(=O)Nc5cccc6ccccc56)c4O)C[C@H]3C[C@@H]12. The minimum atomic E-state index is -2.80. The van der Waals surface area contributed by atoms with Crippen LogP contribution in [0.15, 0.2) is 54.6 Å². The zero-order valence-electron chi connectivity index (χ0n) is 23.9. The molecule has 2 unspecified atom stereocenters. The highest BCUT2D eigenvalue weighted by Crippen LogP contribution is 2.51. The van der Waals surface area contributed by atoms with Crippen LogP contribution in [0.25, 0.3) is 10.8 Å². The van der Waals surface area contributed by atoms with E-state index in [4.69, 9.17) is 5.73 Å². The number of nitrogens with zero attached hydrogens (tertiary/aromatic N) is 1. The Kier molecular flexibility index (Phi) is 6.86. The summed E-state index contributed by atoms with van der Waals surface area (Å²) in [6.45, 7) is 0. The van der Waals surface area contributed by atoms with Crippen molar-refractivity contribution < 1.29 is 39.0 Å². The molecule has 226 valence electrons. The van der Waals surface area contributed by atoms with Crippen molar-refractivity contribution in [2.75, 3.05) is 24.7 Å². The second-order valence-electron chi connectivity index (χ2n) is 11.9. The second kappa shape index (κ2) is 10.4. The molecular formula is C32H30N4O8. The van der Waals surface area contributed by atoms with Gasteiger partial charge in [-0.1, -0.05) is 42.5 Å². The number of primary amides is 1. The van der Waals surface area contributed by atoms with Crippen LogP contribution in [0.1, 0.15) is 22.3 Å². The van der Waals surface area contributed by atoms with E-state index >= 15 is 0 Å². The molecule has 12 heteroatoms. The largest absolute Gasteiger partial charge is 0.505 e. The first-order chi connectivity index (χ1) is 20.9. The van der Waals surface area contributed by atoms with Gasteiger partial charge >= 0.3 is 6.03 Å². The van der Waals surface area contributed by atoms with Gasteiger partial charge in [0.1, 0.15) is 5.75 Å². The van der Waals surface area contributed by atoms with Crippen molar-refractivity contribution >= 4 is 57.2 Å². The van der Waals surface area contributed by atoms with E-state index in [9.17, 15) is 39.0 Å². The molecule has 0 radical (unpaired) electrons. The standard InChI is InChI=1S/C32H30N4O8/c1-36(2)24-18-13-16-12-15-10-11-20(35-31(43)34-19-9-5-7-14-6-3-4-8-17(14)19)25(37)21(15)26(38)22(16)28(40)32(18,44)29(41)23(27(24)39)30(33)42/h3-11,16,18,22-24,37,44H,12-13H2,1-2H3,(H2,33,42)(H2,34,35,43)/t16-,18-,22?,23?,24-,32-/m0/s1. The van der Waals surface area contributed by atoms with Crippen LogP contribution in [0.2, 0.25) is 0 Å². The number of carbonyl (C=O) groups excluding carboxylic acids is 6. The second-order valence-corrected chi connectivity index (χ2v) is 11.9. The molecule has 3 aromatic carbocycles. The lowest BCUT2D eigenvalue weighted by atomic mass is 9.52. The highest BCUT2D eigenvalue weighted by atomic mass is 16.3. The van der Waals surface area contributed by atoms with E-state index in [-0.39, 0.29) is 24.1 Å². The Balaban J connectivity index is 1.32. The number of nitrogens with two attached hydrogens (primary N) is 1. The molecule has 6 atom stereocenters. The van der Waals surface area contributed by atoms with E-state index < -0.39 is 76.1 Å². The number of benzene rings is 3. The summed E-state index contributed by atoms with van der Waals surface area (Å²) in [6.07, 6.45) is 0.0833. The fraction of sp³-hybridized carbons (Fsp3) is 0.312. The quantitative estimate of drug-likeness (QED) is 0.219. The van der Waals surface area contributed by atoms with Gasteiger partial charge in [-0.05, 0) is 55.9 Å². The number of aromatic hydroxyl groups is 1. The Morgan fingerprint density at radius 1 is 0.932 bits per heavy atom. The molecule has 2 fully saturated rings. The Hall–Kier alpha value is -4.94. The van der Waals surface area contributed by atoms with Crippen molar-refractivity contribution in [3.63, 3.8) is 0 Å². The molecule has 6 N–H and O–H groups in total. The smallest absolute Gasteiger partial charge is 0.323 e. The van der Waals surface area contributed by atoms with Crippen LogP contribution in [-0.4, -0.2) is 75.9 Å². The molecule has 0 bridgehead atoms.